The fourth-order valence-electron chi connectivity index (χ4n) is 6.61. The van der Waals surface area contributed by atoms with Gasteiger partial charge in [0.05, 0.1) is 24.4 Å². The molecular formula is C36H44FN7O3. The molecule has 2 saturated heterocycles. The Kier molecular flexibility index (Phi) is 10.1. The molecule has 2 amide bonds. The number of halogens is 1. The molecule has 2 aliphatic heterocycles. The molecule has 10 nitrogen and oxygen atoms in total. The number of hydrogen-bond donors (Lipinski definition) is 3. The van der Waals surface area contributed by atoms with Crippen molar-refractivity contribution in [2.75, 3.05) is 71.3 Å². The van der Waals surface area contributed by atoms with Crippen molar-refractivity contribution in [2.45, 2.75) is 32.7 Å². The van der Waals surface area contributed by atoms with Crippen molar-refractivity contribution in [3.63, 3.8) is 0 Å². The zero-order chi connectivity index (χ0) is 32.9. The van der Waals surface area contributed by atoms with Crippen molar-refractivity contribution in [1.29, 1.82) is 0 Å². The zero-order valence-electron chi connectivity index (χ0n) is 27.4. The highest BCUT2D eigenvalue weighted by atomic mass is 19.1. The lowest BCUT2D eigenvalue weighted by Crippen LogP contribution is -2.50. The molecule has 0 radical (unpaired) electrons. The van der Waals surface area contributed by atoms with E-state index in [0.29, 0.717) is 36.3 Å². The van der Waals surface area contributed by atoms with Crippen LogP contribution in [0, 0.1) is 5.82 Å². The van der Waals surface area contributed by atoms with Gasteiger partial charge in [-0.15, -0.1) is 0 Å². The SMILES string of the molecule is CCN(CC)CCN1CCN(C(=O)c2cc(-c3cnc4[nH]cc(-c5ccccc5OC)c4c3)cc(F)c2NC(=O)C2CCCN2)CC1. The largest absolute Gasteiger partial charge is 0.496 e. The number of aromatic nitrogens is 2. The van der Waals surface area contributed by atoms with Crippen LogP contribution in [0.4, 0.5) is 10.1 Å². The number of methoxy groups -OCH3 is 1. The minimum atomic E-state index is -0.658. The summed E-state index contributed by atoms with van der Waals surface area (Å²) in [6.45, 7) is 11.5. The molecule has 6 rings (SSSR count). The molecule has 0 bridgehead atoms. The number of carbonyl (C=O) groups excluding carboxylic acids is 2. The van der Waals surface area contributed by atoms with Crippen molar-refractivity contribution in [3.05, 3.63) is 66.2 Å². The molecule has 2 fully saturated rings. The molecule has 1 atom stereocenters. The summed E-state index contributed by atoms with van der Waals surface area (Å²) in [6.07, 6.45) is 5.09. The van der Waals surface area contributed by atoms with Gasteiger partial charge in [-0.2, -0.15) is 0 Å². The predicted molar refractivity (Wildman–Crippen MR) is 183 cm³/mol. The average Bonchev–Trinajstić information content (AvgIpc) is 3.80. The maximum absolute atomic E-state index is 16.1. The van der Waals surface area contributed by atoms with Crippen LogP contribution in [0.3, 0.4) is 0 Å². The average molecular weight is 642 g/mol. The minimum Gasteiger partial charge on any atom is -0.496 e. The van der Waals surface area contributed by atoms with E-state index >= 15 is 4.39 Å². The maximum atomic E-state index is 16.1. The summed E-state index contributed by atoms with van der Waals surface area (Å²) >= 11 is 0. The van der Waals surface area contributed by atoms with E-state index in [1.165, 1.54) is 6.07 Å². The topological polar surface area (TPSA) is 106 Å². The fourth-order valence-corrected chi connectivity index (χ4v) is 6.61. The van der Waals surface area contributed by atoms with Gasteiger partial charge in [0.1, 0.15) is 17.2 Å². The maximum Gasteiger partial charge on any atom is 0.256 e. The lowest BCUT2D eigenvalue weighted by atomic mass is 9.98. The Balaban J connectivity index is 1.32. The van der Waals surface area contributed by atoms with E-state index in [4.69, 9.17) is 4.74 Å². The summed E-state index contributed by atoms with van der Waals surface area (Å²) < 4.78 is 21.7. The quantitative estimate of drug-likeness (QED) is 0.215. The number of pyridine rings is 1. The van der Waals surface area contributed by atoms with Crippen LogP contribution in [0.1, 0.15) is 37.0 Å². The summed E-state index contributed by atoms with van der Waals surface area (Å²) in [4.78, 5) is 41.6. The van der Waals surface area contributed by atoms with Crippen LogP contribution in [0.15, 0.2) is 54.9 Å². The van der Waals surface area contributed by atoms with Gasteiger partial charge in [0.25, 0.3) is 5.91 Å². The smallest absolute Gasteiger partial charge is 0.256 e. The molecule has 4 aromatic rings. The number of amides is 2. The van der Waals surface area contributed by atoms with Crippen LogP contribution in [0.5, 0.6) is 5.75 Å². The Morgan fingerprint density at radius 3 is 2.57 bits per heavy atom. The Morgan fingerprint density at radius 2 is 1.85 bits per heavy atom. The monoisotopic (exact) mass is 641 g/mol. The van der Waals surface area contributed by atoms with Gasteiger partial charge < -0.3 is 30.2 Å². The van der Waals surface area contributed by atoms with Crippen LogP contribution >= 0.6 is 0 Å². The van der Waals surface area contributed by atoms with Gasteiger partial charge in [-0.05, 0) is 62.3 Å². The molecule has 0 saturated carbocycles. The number of anilines is 1. The molecule has 0 spiro atoms. The van der Waals surface area contributed by atoms with Crippen molar-refractivity contribution < 1.29 is 18.7 Å². The third-order valence-electron chi connectivity index (χ3n) is 9.49. The van der Waals surface area contributed by atoms with Crippen LogP contribution in [-0.2, 0) is 4.79 Å². The summed E-state index contributed by atoms with van der Waals surface area (Å²) in [6, 6.07) is 12.3. The van der Waals surface area contributed by atoms with Crippen LogP contribution < -0.4 is 15.4 Å². The van der Waals surface area contributed by atoms with E-state index in [1.807, 2.05) is 36.5 Å². The number of nitrogens with one attached hydrogen (secondary N) is 3. The second-order valence-electron chi connectivity index (χ2n) is 12.2. The highest BCUT2D eigenvalue weighted by Gasteiger charge is 2.29. The van der Waals surface area contributed by atoms with Crippen molar-refractivity contribution >= 4 is 28.5 Å². The van der Waals surface area contributed by atoms with E-state index in [0.717, 1.165) is 74.5 Å². The lowest BCUT2D eigenvalue weighted by Gasteiger charge is -2.36. The van der Waals surface area contributed by atoms with E-state index < -0.39 is 11.9 Å². The third-order valence-corrected chi connectivity index (χ3v) is 9.49. The van der Waals surface area contributed by atoms with Gasteiger partial charge in [0, 0.05) is 73.7 Å². The summed E-state index contributed by atoms with van der Waals surface area (Å²) in [5, 5.41) is 6.77. The number of fused-ring (bicyclic) bond motifs is 1. The minimum absolute atomic E-state index is 0.0770. The molecule has 11 heteroatoms. The molecule has 1 unspecified atom stereocenters. The number of para-hydroxylation sites is 1. The van der Waals surface area contributed by atoms with Crippen molar-refractivity contribution in [3.8, 4) is 28.0 Å². The molecule has 2 aromatic heterocycles. The highest BCUT2D eigenvalue weighted by molar-refractivity contribution is 6.06. The van der Waals surface area contributed by atoms with Crippen molar-refractivity contribution in [2.24, 2.45) is 0 Å². The van der Waals surface area contributed by atoms with Crippen molar-refractivity contribution in [1.82, 2.24) is 30.0 Å². The molecule has 3 N–H and O–H groups in total. The number of piperazine rings is 1. The molecule has 248 valence electrons. The number of ether oxygens (including phenoxy) is 1. The first kappa shape index (κ1) is 32.6. The first-order valence-electron chi connectivity index (χ1n) is 16.6. The van der Waals surface area contributed by atoms with Crippen LogP contribution in [0.25, 0.3) is 33.3 Å². The molecule has 4 heterocycles. The normalized spacial score (nSPS) is 17.0. The van der Waals surface area contributed by atoms with Gasteiger partial charge >= 0.3 is 0 Å². The van der Waals surface area contributed by atoms with Gasteiger partial charge in [0.2, 0.25) is 5.91 Å². The molecule has 47 heavy (non-hydrogen) atoms. The predicted octanol–water partition coefficient (Wildman–Crippen LogP) is 4.83. The second kappa shape index (κ2) is 14.6. The van der Waals surface area contributed by atoms with E-state index in [2.05, 4.69) is 44.2 Å². The van der Waals surface area contributed by atoms with Gasteiger partial charge in [-0.1, -0.05) is 32.0 Å². The molecule has 0 aliphatic carbocycles. The van der Waals surface area contributed by atoms with E-state index in [9.17, 15) is 9.59 Å². The summed E-state index contributed by atoms with van der Waals surface area (Å²) in [5.74, 6) is -0.563. The Bertz CT molecular complexity index is 1720. The number of likely N-dealkylation sites (N-methyl/N-ethyl adjacent to an activating group) is 1. The highest BCUT2D eigenvalue weighted by Crippen LogP contribution is 2.37. The Hall–Kier alpha value is -4.32. The number of carbonyl (C=O) groups is 2. The number of hydrogen-bond acceptors (Lipinski definition) is 7. The molecule has 2 aliphatic rings. The number of H-pyrrole nitrogens is 1. The number of nitrogens with zero attached hydrogens (tertiary/aromatic N) is 4. The first-order valence-corrected chi connectivity index (χ1v) is 16.6. The second-order valence-corrected chi connectivity index (χ2v) is 12.2. The first-order chi connectivity index (χ1) is 22.9. The van der Waals surface area contributed by atoms with Gasteiger partial charge in [0.15, 0.2) is 0 Å². The molecule has 2 aromatic carbocycles. The Labute approximate surface area is 275 Å². The van der Waals surface area contributed by atoms with Crippen LogP contribution in [-0.4, -0.2) is 109 Å². The fraction of sp³-hybridized carbons (Fsp3) is 0.417. The Morgan fingerprint density at radius 1 is 1.06 bits per heavy atom. The summed E-state index contributed by atoms with van der Waals surface area (Å²) in [7, 11) is 1.63. The van der Waals surface area contributed by atoms with Gasteiger partial charge in [-0.25, -0.2) is 9.37 Å². The number of rotatable bonds is 11. The third kappa shape index (κ3) is 7.02. The number of aromatic amines is 1. The lowest BCUT2D eigenvalue weighted by molar-refractivity contribution is -0.117. The van der Waals surface area contributed by atoms with E-state index in [1.54, 1.807) is 24.3 Å². The van der Waals surface area contributed by atoms with Crippen LogP contribution in [0.2, 0.25) is 0 Å². The number of benzene rings is 2. The standard InChI is InChI=1S/C36H44FN7O3/c1-4-42(5-2)13-14-43-15-17-44(18-16-43)36(46)28-19-24(21-30(37)33(28)41-35(45)31-10-8-12-38-31)25-20-27-29(23-40-34(27)39-22-25)26-9-6-7-11-32(26)47-3/h6-7,9,11,19-23,31,38H,4-5,8,10,12-18H2,1-3H3,(H,39,40)(H,41,45). The van der Waals surface area contributed by atoms with Gasteiger partial charge in [-0.3, -0.25) is 14.5 Å². The zero-order valence-corrected chi connectivity index (χ0v) is 27.4. The van der Waals surface area contributed by atoms with E-state index in [-0.39, 0.29) is 23.1 Å². The molecular weight excluding hydrogens is 597 g/mol. The summed E-state index contributed by atoms with van der Waals surface area (Å²) in [5.41, 5.74) is 3.69.